The van der Waals surface area contributed by atoms with Crippen LogP contribution in [0.5, 0.6) is 0 Å². The van der Waals surface area contributed by atoms with Crippen molar-refractivity contribution < 1.29 is 14.0 Å². The highest BCUT2D eigenvalue weighted by atomic mass is 19.1. The van der Waals surface area contributed by atoms with E-state index in [0.717, 1.165) is 5.56 Å². The van der Waals surface area contributed by atoms with Crippen LogP contribution in [-0.4, -0.2) is 53.3 Å². The first kappa shape index (κ1) is 17.9. The number of hydrogen-bond acceptors (Lipinski definition) is 3. The summed E-state index contributed by atoms with van der Waals surface area (Å²) < 4.78 is 14.0. The summed E-state index contributed by atoms with van der Waals surface area (Å²) in [5.41, 5.74) is 1.64. The van der Waals surface area contributed by atoms with E-state index in [9.17, 15) is 14.0 Å². The predicted octanol–water partition coefficient (Wildman–Crippen LogP) is 1.69. The Bertz CT molecular complexity index is 677. The van der Waals surface area contributed by atoms with Crippen LogP contribution in [0.3, 0.4) is 0 Å². The van der Waals surface area contributed by atoms with E-state index < -0.39 is 12.1 Å². The number of carbonyl (C=O) groups excluding carboxylic acids is 2. The zero-order chi connectivity index (χ0) is 18.1. The Hall–Kier alpha value is -1.95. The highest BCUT2D eigenvalue weighted by molar-refractivity contribution is 5.97. The van der Waals surface area contributed by atoms with Gasteiger partial charge in [-0.1, -0.05) is 31.5 Å². The Morgan fingerprint density at radius 2 is 2.04 bits per heavy atom. The van der Waals surface area contributed by atoms with E-state index in [1.165, 1.54) is 6.07 Å². The molecule has 0 radical (unpaired) electrons. The first-order chi connectivity index (χ1) is 11.8. The molecule has 2 aliphatic rings. The molecule has 1 N–H and O–H groups in total. The van der Waals surface area contributed by atoms with Crippen molar-refractivity contribution in [3.05, 3.63) is 35.1 Å². The van der Waals surface area contributed by atoms with Gasteiger partial charge in [0.1, 0.15) is 17.9 Å². The molecule has 1 aromatic rings. The van der Waals surface area contributed by atoms with Crippen molar-refractivity contribution in [1.29, 1.82) is 0 Å². The SMILES string of the molecule is Cc1ccc(F)c(CN2CCN3C(=O)[C@@H](CC(C)C)NC(=O)[C@H]3C2)c1. The molecule has 0 aliphatic carbocycles. The summed E-state index contributed by atoms with van der Waals surface area (Å²) in [4.78, 5) is 28.9. The fourth-order valence-corrected chi connectivity index (χ4v) is 3.70. The van der Waals surface area contributed by atoms with Crippen LogP contribution >= 0.6 is 0 Å². The van der Waals surface area contributed by atoms with E-state index in [2.05, 4.69) is 10.2 Å². The average molecular weight is 347 g/mol. The number of carbonyl (C=O) groups is 2. The van der Waals surface area contributed by atoms with Gasteiger partial charge in [0.05, 0.1) is 0 Å². The Morgan fingerprint density at radius 1 is 1.28 bits per heavy atom. The maximum absolute atomic E-state index is 14.0. The minimum absolute atomic E-state index is 0.0136. The number of benzene rings is 1. The van der Waals surface area contributed by atoms with E-state index in [1.807, 2.05) is 26.8 Å². The van der Waals surface area contributed by atoms with Gasteiger partial charge in [-0.2, -0.15) is 0 Å². The minimum Gasteiger partial charge on any atom is -0.342 e. The Kier molecular flexibility index (Phi) is 5.08. The van der Waals surface area contributed by atoms with Crippen LogP contribution in [0.15, 0.2) is 18.2 Å². The van der Waals surface area contributed by atoms with E-state index in [1.54, 1.807) is 11.0 Å². The van der Waals surface area contributed by atoms with Gasteiger partial charge in [-0.05, 0) is 25.3 Å². The summed E-state index contributed by atoms with van der Waals surface area (Å²) >= 11 is 0. The van der Waals surface area contributed by atoms with Gasteiger partial charge in [-0.25, -0.2) is 4.39 Å². The number of aryl methyl sites for hydroxylation is 1. The normalized spacial score (nSPS) is 24.4. The molecule has 3 rings (SSSR count). The molecule has 0 saturated carbocycles. The second kappa shape index (κ2) is 7.12. The molecule has 136 valence electrons. The monoisotopic (exact) mass is 347 g/mol. The fraction of sp³-hybridized carbons (Fsp3) is 0.579. The summed E-state index contributed by atoms with van der Waals surface area (Å²) in [5.74, 6) is 0.0323. The number of rotatable bonds is 4. The zero-order valence-electron chi connectivity index (χ0n) is 15.1. The first-order valence-corrected chi connectivity index (χ1v) is 8.93. The van der Waals surface area contributed by atoms with Gasteiger partial charge in [0.2, 0.25) is 11.8 Å². The standard InChI is InChI=1S/C19H26FN3O2/c1-12(2)8-16-19(25)23-7-6-22(11-17(23)18(24)21-16)10-14-9-13(3)4-5-15(14)20/h4-5,9,12,16-17H,6-8,10-11H2,1-3H3,(H,21,24)/t16-,17-/m1/s1. The third kappa shape index (κ3) is 3.84. The molecule has 2 atom stereocenters. The molecule has 0 unspecified atom stereocenters. The van der Waals surface area contributed by atoms with Crippen molar-refractivity contribution in [2.45, 2.75) is 45.8 Å². The Balaban J connectivity index is 1.68. The third-order valence-electron chi connectivity index (χ3n) is 4.97. The van der Waals surface area contributed by atoms with Crippen molar-refractivity contribution in [3.8, 4) is 0 Å². The second-order valence-corrected chi connectivity index (χ2v) is 7.57. The summed E-state index contributed by atoms with van der Waals surface area (Å²) in [6.45, 7) is 8.08. The molecule has 6 heteroatoms. The van der Waals surface area contributed by atoms with Gasteiger partial charge in [-0.3, -0.25) is 14.5 Å². The molecule has 1 aromatic carbocycles. The number of hydrogen-bond donors (Lipinski definition) is 1. The summed E-state index contributed by atoms with van der Waals surface area (Å²) in [5, 5.41) is 2.87. The first-order valence-electron chi connectivity index (χ1n) is 8.93. The van der Waals surface area contributed by atoms with Crippen LogP contribution in [0.25, 0.3) is 0 Å². The average Bonchev–Trinajstić information content (AvgIpc) is 2.55. The smallest absolute Gasteiger partial charge is 0.245 e. The molecular formula is C19H26FN3O2. The summed E-state index contributed by atoms with van der Waals surface area (Å²) in [6, 6.07) is 4.18. The molecule has 0 aromatic heterocycles. The van der Waals surface area contributed by atoms with Gasteiger partial charge in [0.25, 0.3) is 0 Å². The van der Waals surface area contributed by atoms with Crippen molar-refractivity contribution in [2.24, 2.45) is 5.92 Å². The number of nitrogens with one attached hydrogen (secondary N) is 1. The molecule has 2 fully saturated rings. The molecular weight excluding hydrogens is 321 g/mol. The number of piperazine rings is 2. The largest absolute Gasteiger partial charge is 0.342 e. The van der Waals surface area contributed by atoms with Gasteiger partial charge in [0, 0.05) is 31.7 Å². The van der Waals surface area contributed by atoms with Crippen molar-refractivity contribution >= 4 is 11.8 Å². The highest BCUT2D eigenvalue weighted by Gasteiger charge is 2.43. The zero-order valence-corrected chi connectivity index (χ0v) is 15.1. The minimum atomic E-state index is -0.475. The lowest BCUT2D eigenvalue weighted by atomic mass is 9.97. The van der Waals surface area contributed by atoms with E-state index >= 15 is 0 Å². The van der Waals surface area contributed by atoms with Crippen LogP contribution in [-0.2, 0) is 16.1 Å². The van der Waals surface area contributed by atoms with E-state index in [4.69, 9.17) is 0 Å². The number of amides is 2. The topological polar surface area (TPSA) is 52.6 Å². The Labute approximate surface area is 148 Å². The third-order valence-corrected chi connectivity index (χ3v) is 4.97. The highest BCUT2D eigenvalue weighted by Crippen LogP contribution is 2.21. The molecule has 2 saturated heterocycles. The molecule has 25 heavy (non-hydrogen) atoms. The molecule has 5 nitrogen and oxygen atoms in total. The van der Waals surface area contributed by atoms with Crippen LogP contribution in [0, 0.1) is 18.7 Å². The molecule has 2 heterocycles. The van der Waals surface area contributed by atoms with Gasteiger partial charge in [0.15, 0.2) is 0 Å². The second-order valence-electron chi connectivity index (χ2n) is 7.57. The lowest BCUT2D eigenvalue weighted by Gasteiger charge is -2.45. The molecule has 0 spiro atoms. The number of halogens is 1. The lowest BCUT2D eigenvalue weighted by Crippen LogP contribution is -2.69. The summed E-state index contributed by atoms with van der Waals surface area (Å²) in [7, 11) is 0. The van der Waals surface area contributed by atoms with Gasteiger partial charge in [-0.15, -0.1) is 0 Å². The molecule has 2 aliphatic heterocycles. The van der Waals surface area contributed by atoms with Crippen molar-refractivity contribution in [1.82, 2.24) is 15.1 Å². The lowest BCUT2D eigenvalue weighted by molar-refractivity contribution is -0.153. The van der Waals surface area contributed by atoms with Crippen LogP contribution in [0.4, 0.5) is 4.39 Å². The van der Waals surface area contributed by atoms with Crippen LogP contribution < -0.4 is 5.32 Å². The summed E-state index contributed by atoms with van der Waals surface area (Å²) in [6.07, 6.45) is 0.659. The van der Waals surface area contributed by atoms with Crippen molar-refractivity contribution in [2.75, 3.05) is 19.6 Å². The maximum atomic E-state index is 14.0. The van der Waals surface area contributed by atoms with E-state index in [0.29, 0.717) is 44.1 Å². The Morgan fingerprint density at radius 3 is 2.76 bits per heavy atom. The number of fused-ring (bicyclic) bond motifs is 1. The fourth-order valence-electron chi connectivity index (χ4n) is 3.70. The molecule has 2 amide bonds. The quantitative estimate of drug-likeness (QED) is 0.902. The van der Waals surface area contributed by atoms with Crippen LogP contribution in [0.2, 0.25) is 0 Å². The molecule has 0 bridgehead atoms. The van der Waals surface area contributed by atoms with E-state index in [-0.39, 0.29) is 17.6 Å². The van der Waals surface area contributed by atoms with Crippen molar-refractivity contribution in [3.63, 3.8) is 0 Å². The van der Waals surface area contributed by atoms with Gasteiger partial charge < -0.3 is 10.2 Å². The van der Waals surface area contributed by atoms with Crippen LogP contribution in [0.1, 0.15) is 31.4 Å². The maximum Gasteiger partial charge on any atom is 0.245 e. The predicted molar refractivity (Wildman–Crippen MR) is 93.3 cm³/mol. The number of nitrogens with zero attached hydrogens (tertiary/aromatic N) is 2. The van der Waals surface area contributed by atoms with Gasteiger partial charge >= 0.3 is 0 Å².